The average Bonchev–Trinajstić information content (AvgIpc) is 2.99. The van der Waals surface area contributed by atoms with Gasteiger partial charge in [-0.2, -0.15) is 8.78 Å². The number of pyridine rings is 1. The Hall–Kier alpha value is -2.66. The summed E-state index contributed by atoms with van der Waals surface area (Å²) in [5, 5.41) is -0.429. The number of hydrogen-bond acceptors (Lipinski definition) is 7. The Morgan fingerprint density at radius 3 is 2.54 bits per heavy atom. The molecule has 0 aliphatic heterocycles. The maximum Gasteiger partial charge on any atom is 0.405 e. The first-order chi connectivity index (χ1) is 13.2. The van der Waals surface area contributed by atoms with E-state index in [1.807, 2.05) is 0 Å². The third-order valence-electron chi connectivity index (χ3n) is 3.68. The van der Waals surface area contributed by atoms with E-state index in [0.717, 1.165) is 0 Å². The molecule has 0 fully saturated rings. The Kier molecular flexibility index (Phi) is 5.57. The van der Waals surface area contributed by atoms with Crippen molar-refractivity contribution in [3.8, 4) is 11.5 Å². The number of aromatic nitrogens is 3. The number of rotatable bonds is 7. The highest BCUT2D eigenvalue weighted by atomic mass is 35.5. The van der Waals surface area contributed by atoms with Crippen molar-refractivity contribution in [2.24, 2.45) is 0 Å². The van der Waals surface area contributed by atoms with E-state index < -0.39 is 27.4 Å². The van der Waals surface area contributed by atoms with Gasteiger partial charge in [0.2, 0.25) is 9.84 Å². The van der Waals surface area contributed by atoms with Crippen LogP contribution in [0.3, 0.4) is 0 Å². The number of fused-ring (bicyclic) bond motifs is 1. The van der Waals surface area contributed by atoms with Crippen molar-refractivity contribution in [1.82, 2.24) is 14.7 Å². The molecule has 0 aliphatic carbocycles. The van der Waals surface area contributed by atoms with Gasteiger partial charge in [0.1, 0.15) is 11.3 Å². The predicted octanol–water partition coefficient (Wildman–Crippen LogP) is 2.73. The lowest BCUT2D eigenvalue weighted by Crippen LogP contribution is -2.22. The first kappa shape index (κ1) is 20.1. The fraction of sp³-hybridized carbons (Fsp3) is 0.250. The summed E-state index contributed by atoms with van der Waals surface area (Å²) in [6.07, 6.45) is 1.29. The summed E-state index contributed by atoms with van der Waals surface area (Å²) in [7, 11) is -1.42. The Labute approximate surface area is 163 Å². The lowest BCUT2D eigenvalue weighted by Gasteiger charge is -2.11. The highest BCUT2D eigenvalue weighted by Crippen LogP contribution is 2.28. The highest BCUT2D eigenvalue weighted by molar-refractivity contribution is 7.90. The summed E-state index contributed by atoms with van der Waals surface area (Å²) >= 11 is 5.87. The number of hydrogen-bond donors (Lipinski definition) is 0. The molecule has 3 rings (SSSR count). The third-order valence-corrected chi connectivity index (χ3v) is 5.40. The van der Waals surface area contributed by atoms with E-state index in [9.17, 15) is 17.2 Å². The standard InChI is InChI=1S/C16H14ClF2N3O5S/c1-25-13-6-10(20-7-14(13)26-2)8-28(23,24)16-21-11-5-9(17)3-4-12(11)22(16)27-15(18)19/h3-7,15H,8H2,1-2H3. The summed E-state index contributed by atoms with van der Waals surface area (Å²) in [6.45, 7) is -3.26. The number of nitrogens with zero attached hydrogens (tertiary/aromatic N) is 3. The minimum absolute atomic E-state index is 0.0311. The van der Waals surface area contributed by atoms with Crippen molar-refractivity contribution in [2.75, 3.05) is 14.2 Å². The molecule has 3 aromatic rings. The molecule has 12 heteroatoms. The Balaban J connectivity index is 2.07. The number of sulfone groups is 1. The SMILES string of the molecule is COc1cnc(CS(=O)(=O)c2nc3cc(Cl)ccc3n2OC(F)F)cc1OC. The number of benzene rings is 1. The van der Waals surface area contributed by atoms with Crippen molar-refractivity contribution in [2.45, 2.75) is 17.5 Å². The van der Waals surface area contributed by atoms with Crippen LogP contribution in [0.2, 0.25) is 5.02 Å². The van der Waals surface area contributed by atoms with E-state index in [0.29, 0.717) is 10.5 Å². The first-order valence-corrected chi connectivity index (χ1v) is 9.71. The zero-order valence-corrected chi connectivity index (χ0v) is 16.2. The molecule has 0 saturated heterocycles. The molecule has 0 saturated carbocycles. The van der Waals surface area contributed by atoms with E-state index >= 15 is 0 Å². The zero-order chi connectivity index (χ0) is 20.5. The number of ether oxygens (including phenoxy) is 2. The minimum Gasteiger partial charge on any atom is -0.493 e. The molecule has 0 unspecified atom stereocenters. The molecule has 0 bridgehead atoms. The van der Waals surface area contributed by atoms with Gasteiger partial charge in [-0.3, -0.25) is 4.98 Å². The van der Waals surface area contributed by atoms with Crippen molar-refractivity contribution >= 4 is 32.5 Å². The summed E-state index contributed by atoms with van der Waals surface area (Å²) in [5.41, 5.74) is 0.224. The van der Waals surface area contributed by atoms with E-state index in [1.54, 1.807) is 0 Å². The van der Waals surface area contributed by atoms with Gasteiger partial charge in [0.15, 0.2) is 11.5 Å². The minimum atomic E-state index is -4.22. The second kappa shape index (κ2) is 7.76. The maximum atomic E-state index is 12.9. The first-order valence-electron chi connectivity index (χ1n) is 7.68. The third kappa shape index (κ3) is 3.94. The van der Waals surface area contributed by atoms with E-state index in [4.69, 9.17) is 21.1 Å². The van der Waals surface area contributed by atoms with Crippen LogP contribution in [0.5, 0.6) is 11.5 Å². The van der Waals surface area contributed by atoms with Crippen LogP contribution in [0.4, 0.5) is 8.78 Å². The van der Waals surface area contributed by atoms with Gasteiger partial charge in [-0.1, -0.05) is 11.6 Å². The van der Waals surface area contributed by atoms with Crippen molar-refractivity contribution in [3.05, 3.63) is 41.2 Å². The number of alkyl halides is 2. The van der Waals surface area contributed by atoms with Crippen LogP contribution >= 0.6 is 11.6 Å². The van der Waals surface area contributed by atoms with Gasteiger partial charge in [-0.25, -0.2) is 13.4 Å². The van der Waals surface area contributed by atoms with Gasteiger partial charge < -0.3 is 14.3 Å². The summed E-state index contributed by atoms with van der Waals surface area (Å²) in [6, 6.07) is 5.45. The molecule has 8 nitrogen and oxygen atoms in total. The van der Waals surface area contributed by atoms with E-state index in [-0.39, 0.29) is 27.5 Å². The van der Waals surface area contributed by atoms with Crippen LogP contribution < -0.4 is 14.3 Å². The number of imidazole rings is 1. The van der Waals surface area contributed by atoms with Crippen LogP contribution in [-0.4, -0.2) is 43.9 Å². The smallest absolute Gasteiger partial charge is 0.405 e. The fourth-order valence-corrected chi connectivity index (χ4v) is 3.98. The van der Waals surface area contributed by atoms with Crippen LogP contribution in [0.1, 0.15) is 5.69 Å². The van der Waals surface area contributed by atoms with Gasteiger partial charge in [0, 0.05) is 11.1 Å². The monoisotopic (exact) mass is 433 g/mol. The lowest BCUT2D eigenvalue weighted by molar-refractivity contribution is -0.136. The lowest BCUT2D eigenvalue weighted by atomic mass is 10.3. The summed E-state index contributed by atoms with van der Waals surface area (Å²) in [5.74, 6) is -0.0461. The quantitative estimate of drug-likeness (QED) is 0.565. The molecule has 1 aromatic carbocycles. The van der Waals surface area contributed by atoms with Gasteiger partial charge in [0.05, 0.1) is 31.6 Å². The molecule has 2 heterocycles. The second-order valence-electron chi connectivity index (χ2n) is 5.48. The van der Waals surface area contributed by atoms with Crippen LogP contribution in [0, 0.1) is 0 Å². The predicted molar refractivity (Wildman–Crippen MR) is 95.6 cm³/mol. The average molecular weight is 434 g/mol. The van der Waals surface area contributed by atoms with Crippen LogP contribution in [0.25, 0.3) is 11.0 Å². The second-order valence-corrected chi connectivity index (χ2v) is 7.80. The molecule has 0 N–H and O–H groups in total. The van der Waals surface area contributed by atoms with Gasteiger partial charge >= 0.3 is 6.61 Å². The van der Waals surface area contributed by atoms with Gasteiger partial charge in [-0.15, -0.1) is 4.73 Å². The Morgan fingerprint density at radius 2 is 1.89 bits per heavy atom. The van der Waals surface area contributed by atoms with E-state index in [2.05, 4.69) is 14.8 Å². The molecule has 2 aromatic heterocycles. The molecular formula is C16H14ClF2N3O5S. The van der Waals surface area contributed by atoms with Crippen LogP contribution in [-0.2, 0) is 15.6 Å². The van der Waals surface area contributed by atoms with Gasteiger partial charge in [-0.05, 0) is 18.2 Å². The normalized spacial score (nSPS) is 11.8. The van der Waals surface area contributed by atoms with Crippen molar-refractivity contribution < 1.29 is 31.5 Å². The molecule has 0 aliphatic rings. The number of methoxy groups -OCH3 is 2. The fourth-order valence-electron chi connectivity index (χ4n) is 2.50. The molecule has 150 valence electrons. The van der Waals surface area contributed by atoms with Crippen molar-refractivity contribution in [3.63, 3.8) is 0 Å². The maximum absolute atomic E-state index is 12.9. The van der Waals surface area contributed by atoms with Gasteiger partial charge in [0.25, 0.3) is 5.16 Å². The highest BCUT2D eigenvalue weighted by Gasteiger charge is 2.28. The van der Waals surface area contributed by atoms with Crippen molar-refractivity contribution in [1.29, 1.82) is 0 Å². The van der Waals surface area contributed by atoms with E-state index in [1.165, 1.54) is 44.7 Å². The largest absolute Gasteiger partial charge is 0.493 e. The molecule has 0 spiro atoms. The zero-order valence-electron chi connectivity index (χ0n) is 14.6. The molecule has 0 radical (unpaired) electrons. The molecule has 0 atom stereocenters. The summed E-state index contributed by atoms with van der Waals surface area (Å²) in [4.78, 5) is 12.3. The summed E-state index contributed by atoms with van der Waals surface area (Å²) < 4.78 is 62.1. The Morgan fingerprint density at radius 1 is 1.18 bits per heavy atom. The Bertz CT molecular complexity index is 1120. The topological polar surface area (TPSA) is 92.5 Å². The number of halogens is 3. The van der Waals surface area contributed by atoms with Crippen LogP contribution in [0.15, 0.2) is 35.6 Å². The molecule has 0 amide bonds. The molecule has 28 heavy (non-hydrogen) atoms. The molecular weight excluding hydrogens is 420 g/mol.